The lowest BCUT2D eigenvalue weighted by Crippen LogP contribution is -2.46. The van der Waals surface area contributed by atoms with E-state index in [0.717, 1.165) is 32.1 Å². The highest BCUT2D eigenvalue weighted by Gasteiger charge is 2.21. The Labute approximate surface area is 343 Å². The Balaban J connectivity index is 3.47. The molecule has 4 N–H and O–H groups in total. The van der Waals surface area contributed by atoms with Crippen molar-refractivity contribution in [1.29, 1.82) is 0 Å². The molecule has 0 radical (unpaired) electrons. The third-order valence-corrected chi connectivity index (χ3v) is 11.5. The highest BCUT2D eigenvalue weighted by molar-refractivity contribution is 5.76. The van der Waals surface area contributed by atoms with Crippen molar-refractivity contribution in [3.63, 3.8) is 0 Å². The van der Waals surface area contributed by atoms with Gasteiger partial charge in [-0.1, -0.05) is 237 Å². The fourth-order valence-electron chi connectivity index (χ4n) is 7.73. The van der Waals surface area contributed by atoms with Gasteiger partial charge in [0, 0.05) is 0 Å². The highest BCUT2D eigenvalue weighted by Crippen LogP contribution is 2.17. The lowest BCUT2D eigenvalue weighted by molar-refractivity contribution is -0.125. The maximum atomic E-state index is 12.4. The van der Waals surface area contributed by atoms with Gasteiger partial charge in [-0.25, -0.2) is 0 Å². The van der Waals surface area contributed by atoms with E-state index < -0.39 is 18.2 Å². The summed E-state index contributed by atoms with van der Waals surface area (Å²) in [6.07, 6.45) is 56.1. The van der Waals surface area contributed by atoms with Gasteiger partial charge in [0.1, 0.15) is 0 Å². The van der Waals surface area contributed by atoms with Crippen LogP contribution in [0.4, 0.5) is 0 Å². The molecule has 0 rings (SSSR count). The summed E-state index contributed by atoms with van der Waals surface area (Å²) in [6, 6.07) is -0.654. The van der Waals surface area contributed by atoms with Crippen LogP contribution in [0, 0.1) is 0 Å². The normalized spacial score (nSPS) is 13.6. The molecule has 1 amide bonds. The van der Waals surface area contributed by atoms with Gasteiger partial charge in [0.15, 0.2) is 0 Å². The SMILES string of the molecule is CCCCCCCCCCC/C=C\C/C=C\CCCCCCCCCCCCCCCCCC(O)CC(=O)NC(CO)C(O)CCCCCCCCCCC. The molecule has 5 nitrogen and oxygen atoms in total. The number of allylic oxidation sites excluding steroid dienone is 4. The average Bonchev–Trinajstić information content (AvgIpc) is 3.18. The van der Waals surface area contributed by atoms with Crippen LogP contribution < -0.4 is 5.32 Å². The summed E-state index contributed by atoms with van der Waals surface area (Å²) in [5.41, 5.74) is 0. The largest absolute Gasteiger partial charge is 0.394 e. The van der Waals surface area contributed by atoms with Crippen molar-refractivity contribution in [1.82, 2.24) is 5.32 Å². The van der Waals surface area contributed by atoms with Gasteiger partial charge in [-0.2, -0.15) is 0 Å². The molecule has 0 fully saturated rings. The minimum absolute atomic E-state index is 0.0383. The number of amides is 1. The van der Waals surface area contributed by atoms with Crippen molar-refractivity contribution in [2.45, 2.75) is 283 Å². The molecule has 55 heavy (non-hydrogen) atoms. The molecular weight excluding hydrogens is 679 g/mol. The van der Waals surface area contributed by atoms with E-state index in [1.165, 1.54) is 199 Å². The standard InChI is InChI=1S/C50H97NO4/c1-3-5-7-9-11-13-14-15-16-17-18-19-20-21-22-23-24-25-26-27-28-29-30-31-32-33-34-36-37-39-41-43-47(53)45-50(55)51-48(46-52)49(54)44-42-40-38-35-12-10-8-6-4-2/h18-19,21-22,47-49,52-54H,3-17,20,23-46H2,1-2H3,(H,51,55)/b19-18-,22-21-. The Bertz CT molecular complexity index is 814. The van der Waals surface area contributed by atoms with E-state index in [4.69, 9.17) is 0 Å². The van der Waals surface area contributed by atoms with Crippen molar-refractivity contribution in [3.05, 3.63) is 24.3 Å². The minimum atomic E-state index is -0.745. The zero-order valence-corrected chi connectivity index (χ0v) is 37.1. The summed E-state index contributed by atoms with van der Waals surface area (Å²) in [4.78, 5) is 12.4. The Morgan fingerprint density at radius 3 is 1.15 bits per heavy atom. The van der Waals surface area contributed by atoms with E-state index in [0.29, 0.717) is 12.8 Å². The molecule has 0 aliphatic carbocycles. The van der Waals surface area contributed by atoms with Crippen molar-refractivity contribution in [2.75, 3.05) is 6.61 Å². The molecule has 0 aromatic heterocycles. The molecule has 0 spiro atoms. The van der Waals surface area contributed by atoms with Crippen LogP contribution in [0.25, 0.3) is 0 Å². The van der Waals surface area contributed by atoms with Gasteiger partial charge in [-0.05, 0) is 44.9 Å². The van der Waals surface area contributed by atoms with E-state index in [-0.39, 0.29) is 18.9 Å². The van der Waals surface area contributed by atoms with Crippen molar-refractivity contribution in [2.24, 2.45) is 0 Å². The molecule has 0 aliphatic rings. The zero-order chi connectivity index (χ0) is 40.1. The first-order chi connectivity index (χ1) is 27.0. The third kappa shape index (κ3) is 42.3. The van der Waals surface area contributed by atoms with E-state index >= 15 is 0 Å². The maximum absolute atomic E-state index is 12.4. The molecular formula is C50H97NO4. The summed E-state index contributed by atoms with van der Waals surface area (Å²) in [7, 11) is 0. The smallest absolute Gasteiger partial charge is 0.222 e. The number of unbranched alkanes of at least 4 members (excludes halogenated alkanes) is 32. The minimum Gasteiger partial charge on any atom is -0.394 e. The zero-order valence-electron chi connectivity index (χ0n) is 37.1. The number of aliphatic hydroxyl groups excluding tert-OH is 3. The van der Waals surface area contributed by atoms with Crippen LogP contribution in [0.1, 0.15) is 264 Å². The van der Waals surface area contributed by atoms with Gasteiger partial charge in [0.25, 0.3) is 0 Å². The van der Waals surface area contributed by atoms with Crippen molar-refractivity contribution >= 4 is 5.91 Å². The number of aliphatic hydroxyl groups is 3. The summed E-state index contributed by atoms with van der Waals surface area (Å²) < 4.78 is 0. The van der Waals surface area contributed by atoms with Gasteiger partial charge in [-0.15, -0.1) is 0 Å². The second-order valence-corrected chi connectivity index (χ2v) is 17.1. The van der Waals surface area contributed by atoms with Crippen LogP contribution in [0.15, 0.2) is 24.3 Å². The molecule has 0 saturated carbocycles. The van der Waals surface area contributed by atoms with Crippen molar-refractivity contribution < 1.29 is 20.1 Å². The first-order valence-electron chi connectivity index (χ1n) is 24.6. The van der Waals surface area contributed by atoms with Crippen LogP contribution in [-0.2, 0) is 4.79 Å². The van der Waals surface area contributed by atoms with E-state index in [2.05, 4.69) is 43.5 Å². The van der Waals surface area contributed by atoms with E-state index in [9.17, 15) is 20.1 Å². The number of carbonyl (C=O) groups is 1. The van der Waals surface area contributed by atoms with E-state index in [1.807, 2.05) is 0 Å². The number of rotatable bonds is 45. The Morgan fingerprint density at radius 1 is 0.455 bits per heavy atom. The fourth-order valence-corrected chi connectivity index (χ4v) is 7.73. The van der Waals surface area contributed by atoms with Crippen molar-refractivity contribution in [3.8, 4) is 0 Å². The Morgan fingerprint density at radius 2 is 0.782 bits per heavy atom. The number of nitrogens with one attached hydrogen (secondary N) is 1. The van der Waals surface area contributed by atoms with Gasteiger partial charge in [-0.3, -0.25) is 4.79 Å². The van der Waals surface area contributed by atoms with Crippen LogP contribution in [0.3, 0.4) is 0 Å². The van der Waals surface area contributed by atoms with Gasteiger partial charge < -0.3 is 20.6 Å². The molecule has 326 valence electrons. The van der Waals surface area contributed by atoms with Crippen LogP contribution in [0.5, 0.6) is 0 Å². The second-order valence-electron chi connectivity index (χ2n) is 17.1. The Hall–Kier alpha value is -1.17. The summed E-state index contributed by atoms with van der Waals surface area (Å²) in [5.74, 6) is -0.283. The molecule has 5 heteroatoms. The molecule has 0 aromatic carbocycles. The van der Waals surface area contributed by atoms with Gasteiger partial charge in [0.2, 0.25) is 5.91 Å². The second kappa shape index (κ2) is 45.5. The topological polar surface area (TPSA) is 89.8 Å². The van der Waals surface area contributed by atoms with Crippen LogP contribution in [0.2, 0.25) is 0 Å². The molecule has 0 bridgehead atoms. The molecule has 0 saturated heterocycles. The predicted molar refractivity (Wildman–Crippen MR) is 241 cm³/mol. The van der Waals surface area contributed by atoms with E-state index in [1.54, 1.807) is 0 Å². The van der Waals surface area contributed by atoms with Crippen LogP contribution in [-0.4, -0.2) is 46.1 Å². The monoisotopic (exact) mass is 776 g/mol. The Kier molecular flexibility index (Phi) is 44.6. The van der Waals surface area contributed by atoms with Gasteiger partial charge >= 0.3 is 0 Å². The number of hydrogen-bond acceptors (Lipinski definition) is 4. The fraction of sp³-hybridized carbons (Fsp3) is 0.900. The quantitative estimate of drug-likeness (QED) is 0.0366. The lowest BCUT2D eigenvalue weighted by atomic mass is 10.0. The summed E-state index contributed by atoms with van der Waals surface area (Å²) >= 11 is 0. The molecule has 0 heterocycles. The molecule has 3 atom stereocenters. The molecule has 0 aliphatic heterocycles. The van der Waals surface area contributed by atoms with Gasteiger partial charge in [0.05, 0.1) is 31.3 Å². The molecule has 3 unspecified atom stereocenters. The number of carbonyl (C=O) groups excluding carboxylic acids is 1. The predicted octanol–water partition coefficient (Wildman–Crippen LogP) is 14.6. The first-order valence-corrected chi connectivity index (χ1v) is 24.6. The maximum Gasteiger partial charge on any atom is 0.222 e. The third-order valence-electron chi connectivity index (χ3n) is 11.5. The lowest BCUT2D eigenvalue weighted by Gasteiger charge is -2.23. The summed E-state index contributed by atoms with van der Waals surface area (Å²) in [5, 5.41) is 33.3. The molecule has 0 aromatic rings. The summed E-state index contributed by atoms with van der Waals surface area (Å²) in [6.45, 7) is 4.25. The highest BCUT2D eigenvalue weighted by atomic mass is 16.3. The van der Waals surface area contributed by atoms with Crippen LogP contribution >= 0.6 is 0 Å². The average molecular weight is 776 g/mol. The first kappa shape index (κ1) is 53.8. The number of hydrogen-bond donors (Lipinski definition) is 4.